The van der Waals surface area contributed by atoms with Crippen LogP contribution < -0.4 is 5.32 Å². The van der Waals surface area contributed by atoms with E-state index in [2.05, 4.69) is 21.5 Å². The highest BCUT2D eigenvalue weighted by Gasteiger charge is 2.17. The molecule has 4 aromatic rings. The maximum atomic E-state index is 12.4. The van der Waals surface area contributed by atoms with Crippen LogP contribution in [0.15, 0.2) is 41.8 Å². The number of nitrogens with zero attached hydrogens (tertiary/aromatic N) is 3. The second-order valence-corrected chi connectivity index (χ2v) is 7.35. The third-order valence-corrected chi connectivity index (χ3v) is 5.66. The van der Waals surface area contributed by atoms with Crippen LogP contribution in [0.2, 0.25) is 0 Å². The standard InChI is InChI=1S/C17H14N4OS2/c1-10-9-13(20-21(10)2)15(22)19-16-11(7-8-23-16)17-18-12-5-3-4-6-14(12)24-17/h3-9H,1-2H3,(H,19,22). The molecule has 0 bridgehead atoms. The first kappa shape index (κ1) is 15.0. The van der Waals surface area contributed by atoms with Gasteiger partial charge < -0.3 is 5.32 Å². The predicted octanol–water partition coefficient (Wildman–Crippen LogP) is 4.32. The van der Waals surface area contributed by atoms with E-state index >= 15 is 0 Å². The fourth-order valence-corrected chi connectivity index (χ4v) is 4.25. The van der Waals surface area contributed by atoms with E-state index in [-0.39, 0.29) is 5.91 Å². The number of rotatable bonds is 3. The number of aryl methyl sites for hydroxylation is 2. The highest BCUT2D eigenvalue weighted by Crippen LogP contribution is 2.37. The van der Waals surface area contributed by atoms with Crippen molar-refractivity contribution >= 4 is 43.8 Å². The number of thiophene rings is 1. The lowest BCUT2D eigenvalue weighted by atomic mass is 10.3. The number of anilines is 1. The third kappa shape index (κ3) is 2.61. The van der Waals surface area contributed by atoms with Crippen LogP contribution in [0.4, 0.5) is 5.00 Å². The molecule has 3 aromatic heterocycles. The van der Waals surface area contributed by atoms with Gasteiger partial charge in [0.1, 0.15) is 10.0 Å². The molecule has 3 heterocycles. The minimum Gasteiger partial charge on any atom is -0.312 e. The summed E-state index contributed by atoms with van der Waals surface area (Å²) in [6, 6.07) is 11.8. The van der Waals surface area contributed by atoms with Crippen LogP contribution in [0.1, 0.15) is 16.2 Å². The summed E-state index contributed by atoms with van der Waals surface area (Å²) in [4.78, 5) is 17.1. The van der Waals surface area contributed by atoms with Gasteiger partial charge >= 0.3 is 0 Å². The van der Waals surface area contributed by atoms with Crippen molar-refractivity contribution < 1.29 is 4.79 Å². The Morgan fingerprint density at radius 3 is 2.83 bits per heavy atom. The molecule has 5 nitrogen and oxygen atoms in total. The molecule has 0 atom stereocenters. The Balaban J connectivity index is 1.66. The van der Waals surface area contributed by atoms with Gasteiger partial charge in [0.25, 0.3) is 5.91 Å². The number of hydrogen-bond acceptors (Lipinski definition) is 5. The molecule has 4 rings (SSSR count). The number of fused-ring (bicyclic) bond motifs is 1. The van der Waals surface area contributed by atoms with Crippen molar-refractivity contribution in [1.82, 2.24) is 14.8 Å². The number of carbonyl (C=O) groups excluding carboxylic acids is 1. The first-order valence-corrected chi connectivity index (χ1v) is 9.07. The number of hydrogen-bond donors (Lipinski definition) is 1. The number of para-hydroxylation sites is 1. The Morgan fingerprint density at radius 1 is 1.25 bits per heavy atom. The molecule has 0 aliphatic heterocycles. The zero-order valence-corrected chi connectivity index (χ0v) is 14.7. The van der Waals surface area contributed by atoms with Crippen LogP contribution in [0.3, 0.4) is 0 Å². The molecule has 1 aromatic carbocycles. The van der Waals surface area contributed by atoms with Gasteiger partial charge in [-0.1, -0.05) is 12.1 Å². The molecular weight excluding hydrogens is 340 g/mol. The Labute approximate surface area is 146 Å². The fourth-order valence-electron chi connectivity index (χ4n) is 2.40. The van der Waals surface area contributed by atoms with Crippen LogP contribution in [-0.2, 0) is 7.05 Å². The molecule has 0 spiro atoms. The molecule has 0 fully saturated rings. The number of nitrogens with one attached hydrogen (secondary N) is 1. The van der Waals surface area contributed by atoms with Crippen molar-refractivity contribution in [1.29, 1.82) is 0 Å². The van der Waals surface area contributed by atoms with E-state index in [9.17, 15) is 4.79 Å². The average Bonchev–Trinajstić information content (AvgIpc) is 3.26. The smallest absolute Gasteiger partial charge is 0.276 e. The Morgan fingerprint density at radius 2 is 2.08 bits per heavy atom. The summed E-state index contributed by atoms with van der Waals surface area (Å²) in [6.07, 6.45) is 0. The van der Waals surface area contributed by atoms with Gasteiger partial charge in [0.05, 0.1) is 10.2 Å². The first-order chi connectivity index (χ1) is 11.6. The second-order valence-electron chi connectivity index (χ2n) is 5.40. The molecular formula is C17H14N4OS2. The molecule has 0 unspecified atom stereocenters. The van der Waals surface area contributed by atoms with E-state index in [0.717, 1.165) is 31.5 Å². The summed E-state index contributed by atoms with van der Waals surface area (Å²) < 4.78 is 2.83. The van der Waals surface area contributed by atoms with E-state index in [0.29, 0.717) is 5.69 Å². The normalized spacial score (nSPS) is 11.1. The van der Waals surface area contributed by atoms with Gasteiger partial charge in [-0.3, -0.25) is 9.48 Å². The van der Waals surface area contributed by atoms with Crippen molar-refractivity contribution in [2.75, 3.05) is 5.32 Å². The van der Waals surface area contributed by atoms with Crippen molar-refractivity contribution in [3.05, 3.63) is 53.2 Å². The van der Waals surface area contributed by atoms with Crippen molar-refractivity contribution in [2.45, 2.75) is 6.92 Å². The fraction of sp³-hybridized carbons (Fsp3) is 0.118. The minimum absolute atomic E-state index is 0.205. The lowest BCUT2D eigenvalue weighted by Crippen LogP contribution is -2.12. The van der Waals surface area contributed by atoms with Gasteiger partial charge in [-0.2, -0.15) is 5.10 Å². The zero-order valence-electron chi connectivity index (χ0n) is 13.1. The highest BCUT2D eigenvalue weighted by atomic mass is 32.1. The van der Waals surface area contributed by atoms with E-state index in [4.69, 9.17) is 0 Å². The van der Waals surface area contributed by atoms with E-state index in [1.165, 1.54) is 11.3 Å². The lowest BCUT2D eigenvalue weighted by Gasteiger charge is -2.02. The van der Waals surface area contributed by atoms with E-state index < -0.39 is 0 Å². The number of amides is 1. The summed E-state index contributed by atoms with van der Waals surface area (Å²) >= 11 is 3.11. The van der Waals surface area contributed by atoms with Crippen LogP contribution in [0.5, 0.6) is 0 Å². The van der Waals surface area contributed by atoms with Gasteiger partial charge in [0.15, 0.2) is 5.69 Å². The van der Waals surface area contributed by atoms with Crippen LogP contribution in [-0.4, -0.2) is 20.7 Å². The van der Waals surface area contributed by atoms with E-state index in [1.54, 1.807) is 22.1 Å². The maximum Gasteiger partial charge on any atom is 0.276 e. The quantitative estimate of drug-likeness (QED) is 0.596. The number of benzene rings is 1. The molecule has 0 saturated carbocycles. The monoisotopic (exact) mass is 354 g/mol. The van der Waals surface area contributed by atoms with Gasteiger partial charge in [-0.25, -0.2) is 4.98 Å². The summed E-state index contributed by atoms with van der Waals surface area (Å²) in [5, 5.41) is 10.8. The molecule has 1 N–H and O–H groups in total. The third-order valence-electron chi connectivity index (χ3n) is 3.76. The summed E-state index contributed by atoms with van der Waals surface area (Å²) in [5.74, 6) is -0.205. The molecule has 24 heavy (non-hydrogen) atoms. The molecule has 0 aliphatic carbocycles. The Hall–Kier alpha value is -2.51. The first-order valence-electron chi connectivity index (χ1n) is 7.37. The Kier molecular flexibility index (Phi) is 3.66. The topological polar surface area (TPSA) is 59.8 Å². The van der Waals surface area contributed by atoms with Crippen molar-refractivity contribution in [2.24, 2.45) is 7.05 Å². The van der Waals surface area contributed by atoms with E-state index in [1.807, 2.05) is 43.6 Å². The molecule has 0 radical (unpaired) electrons. The number of carbonyl (C=O) groups is 1. The number of thiazole rings is 1. The second kappa shape index (κ2) is 5.85. The highest BCUT2D eigenvalue weighted by molar-refractivity contribution is 7.22. The molecule has 0 saturated heterocycles. The maximum absolute atomic E-state index is 12.4. The lowest BCUT2D eigenvalue weighted by molar-refractivity contribution is 0.102. The van der Waals surface area contributed by atoms with Crippen LogP contribution in [0, 0.1) is 6.92 Å². The van der Waals surface area contributed by atoms with Gasteiger partial charge in [0, 0.05) is 18.3 Å². The molecule has 7 heteroatoms. The SMILES string of the molecule is Cc1cc(C(=O)Nc2sccc2-c2nc3ccccc3s2)nn1C. The summed E-state index contributed by atoms with van der Waals surface area (Å²) in [6.45, 7) is 1.92. The molecule has 0 aliphatic rings. The zero-order chi connectivity index (χ0) is 16.7. The van der Waals surface area contributed by atoms with Crippen molar-refractivity contribution in [3.8, 4) is 10.6 Å². The largest absolute Gasteiger partial charge is 0.312 e. The molecule has 120 valence electrons. The predicted molar refractivity (Wildman–Crippen MR) is 98.8 cm³/mol. The van der Waals surface area contributed by atoms with Crippen LogP contribution in [0.25, 0.3) is 20.8 Å². The average molecular weight is 354 g/mol. The Bertz CT molecular complexity index is 991. The van der Waals surface area contributed by atoms with Gasteiger partial charge in [-0.15, -0.1) is 22.7 Å². The minimum atomic E-state index is -0.205. The summed E-state index contributed by atoms with van der Waals surface area (Å²) in [7, 11) is 1.82. The number of aromatic nitrogens is 3. The van der Waals surface area contributed by atoms with Gasteiger partial charge in [0.2, 0.25) is 0 Å². The summed E-state index contributed by atoms with van der Waals surface area (Å²) in [5.41, 5.74) is 3.28. The van der Waals surface area contributed by atoms with Gasteiger partial charge in [-0.05, 0) is 36.6 Å². The van der Waals surface area contributed by atoms with Crippen molar-refractivity contribution in [3.63, 3.8) is 0 Å². The van der Waals surface area contributed by atoms with Crippen LogP contribution >= 0.6 is 22.7 Å². The molecule has 1 amide bonds.